The molecule has 0 fully saturated rings. The molecule has 3 heterocycles. The Labute approximate surface area is 236 Å². The minimum absolute atomic E-state index is 0.604. The third-order valence-electron chi connectivity index (χ3n) is 6.77. The highest BCUT2D eigenvalue weighted by atomic mass is 79.9. The van der Waals surface area contributed by atoms with Gasteiger partial charge in [-0.15, -0.1) is 0 Å². The fourth-order valence-corrected chi connectivity index (χ4v) is 6.61. The van der Waals surface area contributed by atoms with Gasteiger partial charge in [0.1, 0.15) is 11.0 Å². The van der Waals surface area contributed by atoms with Crippen LogP contribution in [-0.4, -0.2) is 9.97 Å². The van der Waals surface area contributed by atoms with Crippen molar-refractivity contribution in [2.45, 2.75) is 9.79 Å². The number of benzene rings is 5. The number of anilines is 3. The van der Waals surface area contributed by atoms with Crippen LogP contribution in [0, 0.1) is 0 Å². The Bertz CT molecular complexity index is 1980. The first kappa shape index (κ1) is 22.6. The maximum atomic E-state index is 6.08. The van der Waals surface area contributed by atoms with Gasteiger partial charge in [0.2, 0.25) is 11.8 Å². The molecule has 0 bridgehead atoms. The molecule has 5 nitrogen and oxygen atoms in total. The van der Waals surface area contributed by atoms with Crippen LogP contribution < -0.4 is 4.90 Å². The molecule has 0 N–H and O–H groups in total. The Kier molecular flexibility index (Phi) is 5.15. The lowest BCUT2D eigenvalue weighted by Crippen LogP contribution is -2.15. The van der Waals surface area contributed by atoms with E-state index >= 15 is 0 Å². The van der Waals surface area contributed by atoms with Crippen LogP contribution in [0.2, 0.25) is 0 Å². The van der Waals surface area contributed by atoms with Gasteiger partial charge in [0, 0.05) is 31.1 Å². The molecule has 7 aromatic rings. The quantitative estimate of drug-likeness (QED) is 0.205. The zero-order valence-electron chi connectivity index (χ0n) is 20.3. The number of aromatic nitrogens is 2. The van der Waals surface area contributed by atoms with Gasteiger partial charge in [0.25, 0.3) is 0 Å². The van der Waals surface area contributed by atoms with Crippen molar-refractivity contribution in [3.8, 4) is 22.9 Å². The summed E-state index contributed by atoms with van der Waals surface area (Å²) in [5, 5.41) is 0. The van der Waals surface area contributed by atoms with Crippen molar-refractivity contribution in [3.63, 3.8) is 0 Å². The van der Waals surface area contributed by atoms with Crippen molar-refractivity contribution < 1.29 is 8.83 Å². The normalized spacial score (nSPS) is 12.6. The first-order chi connectivity index (χ1) is 19.2. The molecule has 39 heavy (non-hydrogen) atoms. The van der Waals surface area contributed by atoms with Gasteiger partial charge in [0.15, 0.2) is 11.2 Å². The van der Waals surface area contributed by atoms with E-state index in [0.717, 1.165) is 64.7 Å². The van der Waals surface area contributed by atoms with Gasteiger partial charge in [-0.3, -0.25) is 0 Å². The molecule has 5 aromatic carbocycles. The SMILES string of the molecule is Brc1ccc2c(c1)Sc1cc(-c3nc4ccccc4o3)ccc1N2c1cccc(-c2nc3ccccc3o2)c1. The van der Waals surface area contributed by atoms with Crippen LogP contribution in [0.4, 0.5) is 17.1 Å². The number of hydrogen-bond acceptors (Lipinski definition) is 6. The average molecular weight is 588 g/mol. The second-order valence-corrected chi connectivity index (χ2v) is 11.3. The van der Waals surface area contributed by atoms with Gasteiger partial charge < -0.3 is 13.7 Å². The molecule has 8 rings (SSSR count). The summed E-state index contributed by atoms with van der Waals surface area (Å²) in [6, 6.07) is 36.8. The second-order valence-electron chi connectivity index (χ2n) is 9.26. The molecule has 7 heteroatoms. The maximum absolute atomic E-state index is 6.08. The third-order valence-corrected chi connectivity index (χ3v) is 8.36. The number of fused-ring (bicyclic) bond motifs is 4. The van der Waals surface area contributed by atoms with Crippen molar-refractivity contribution >= 4 is 67.0 Å². The summed E-state index contributed by atoms with van der Waals surface area (Å²) in [5.74, 6) is 1.22. The van der Waals surface area contributed by atoms with E-state index in [1.54, 1.807) is 11.8 Å². The predicted octanol–water partition coefficient (Wildman–Crippen LogP) is 10.00. The molecule has 0 saturated carbocycles. The zero-order valence-corrected chi connectivity index (χ0v) is 22.7. The van der Waals surface area contributed by atoms with E-state index in [-0.39, 0.29) is 0 Å². The van der Waals surface area contributed by atoms with Crippen LogP contribution in [0.15, 0.2) is 132 Å². The number of rotatable bonds is 3. The lowest BCUT2D eigenvalue weighted by Gasteiger charge is -2.33. The Morgan fingerprint density at radius 1 is 0.590 bits per heavy atom. The lowest BCUT2D eigenvalue weighted by molar-refractivity contribution is 0.619. The van der Waals surface area contributed by atoms with Crippen molar-refractivity contribution in [1.29, 1.82) is 0 Å². The van der Waals surface area contributed by atoms with Gasteiger partial charge in [0.05, 0.1) is 11.4 Å². The Balaban J connectivity index is 1.26. The second kappa shape index (κ2) is 8.86. The van der Waals surface area contributed by atoms with Crippen molar-refractivity contribution in [2.75, 3.05) is 4.90 Å². The first-order valence-corrected chi connectivity index (χ1v) is 14.0. The van der Waals surface area contributed by atoms with Crippen LogP contribution in [0.25, 0.3) is 45.1 Å². The predicted molar refractivity (Wildman–Crippen MR) is 159 cm³/mol. The molecule has 1 aliphatic heterocycles. The molecule has 0 radical (unpaired) electrons. The summed E-state index contributed by atoms with van der Waals surface area (Å²) in [6.45, 7) is 0. The van der Waals surface area contributed by atoms with Crippen LogP contribution >= 0.6 is 27.7 Å². The summed E-state index contributed by atoms with van der Waals surface area (Å²) in [5.41, 5.74) is 8.34. The van der Waals surface area contributed by atoms with Crippen LogP contribution in [-0.2, 0) is 0 Å². The average Bonchev–Trinajstić information content (AvgIpc) is 3.60. The lowest BCUT2D eigenvalue weighted by atomic mass is 10.1. The van der Waals surface area contributed by atoms with Crippen molar-refractivity contribution in [3.05, 3.63) is 114 Å². The van der Waals surface area contributed by atoms with Crippen LogP contribution in [0.5, 0.6) is 0 Å². The van der Waals surface area contributed by atoms with E-state index in [1.165, 1.54) is 0 Å². The fraction of sp³-hybridized carbons (Fsp3) is 0. The number of oxazole rings is 2. The number of nitrogens with zero attached hydrogens (tertiary/aromatic N) is 3. The van der Waals surface area contributed by atoms with Gasteiger partial charge in [-0.2, -0.15) is 0 Å². The molecular formula is C32H18BrN3O2S. The number of para-hydroxylation sites is 4. The van der Waals surface area contributed by atoms with E-state index in [9.17, 15) is 0 Å². The standard InChI is InChI=1S/C32H18BrN3O2S/c33-21-13-15-26-30(18-21)39-29-17-20(32-35-24-9-2-4-11-28(24)38-32)12-14-25(29)36(26)22-7-5-6-19(16-22)31-34-23-8-1-3-10-27(23)37-31/h1-18H. The van der Waals surface area contributed by atoms with Crippen molar-refractivity contribution in [2.24, 2.45) is 0 Å². The first-order valence-electron chi connectivity index (χ1n) is 12.4. The molecule has 0 atom stereocenters. The van der Waals surface area contributed by atoms with E-state index < -0.39 is 0 Å². The van der Waals surface area contributed by atoms with E-state index in [4.69, 9.17) is 18.8 Å². The van der Waals surface area contributed by atoms with Gasteiger partial charge in [-0.05, 0) is 78.9 Å². The molecule has 1 aliphatic rings. The minimum Gasteiger partial charge on any atom is -0.436 e. The Morgan fingerprint density at radius 2 is 1.21 bits per heavy atom. The fourth-order valence-electron chi connectivity index (χ4n) is 4.96. The van der Waals surface area contributed by atoms with Gasteiger partial charge >= 0.3 is 0 Å². The Hall–Kier alpha value is -4.33. The highest BCUT2D eigenvalue weighted by molar-refractivity contribution is 9.10. The largest absolute Gasteiger partial charge is 0.436 e. The molecule has 0 unspecified atom stereocenters. The molecule has 0 aliphatic carbocycles. The molecular weight excluding hydrogens is 570 g/mol. The molecule has 0 saturated heterocycles. The molecule has 0 amide bonds. The van der Waals surface area contributed by atoms with Crippen LogP contribution in [0.3, 0.4) is 0 Å². The van der Waals surface area contributed by atoms with Crippen LogP contribution in [0.1, 0.15) is 0 Å². The summed E-state index contributed by atoms with van der Waals surface area (Å²) < 4.78 is 13.2. The third kappa shape index (κ3) is 3.85. The van der Waals surface area contributed by atoms with Crippen molar-refractivity contribution in [1.82, 2.24) is 9.97 Å². The highest BCUT2D eigenvalue weighted by Gasteiger charge is 2.26. The Morgan fingerprint density at radius 3 is 1.90 bits per heavy atom. The summed E-state index contributed by atoms with van der Waals surface area (Å²) in [7, 11) is 0. The number of halogens is 1. The van der Waals surface area contributed by atoms with Gasteiger partial charge in [-0.25, -0.2) is 9.97 Å². The number of hydrogen-bond donors (Lipinski definition) is 0. The maximum Gasteiger partial charge on any atom is 0.227 e. The zero-order chi connectivity index (χ0) is 25.9. The summed E-state index contributed by atoms with van der Waals surface area (Å²) >= 11 is 5.40. The van der Waals surface area contributed by atoms with E-state index in [1.807, 2.05) is 60.7 Å². The molecule has 2 aromatic heterocycles. The topological polar surface area (TPSA) is 55.3 Å². The van der Waals surface area contributed by atoms with E-state index in [2.05, 4.69) is 69.4 Å². The minimum atomic E-state index is 0.604. The summed E-state index contributed by atoms with van der Waals surface area (Å²) in [4.78, 5) is 14.0. The monoisotopic (exact) mass is 587 g/mol. The highest BCUT2D eigenvalue weighted by Crippen LogP contribution is 2.53. The molecule has 0 spiro atoms. The van der Waals surface area contributed by atoms with E-state index in [0.29, 0.717) is 11.8 Å². The summed E-state index contributed by atoms with van der Waals surface area (Å²) in [6.07, 6.45) is 0. The molecule has 186 valence electrons. The van der Waals surface area contributed by atoms with Gasteiger partial charge in [-0.1, -0.05) is 58.0 Å². The smallest absolute Gasteiger partial charge is 0.227 e.